The Labute approximate surface area is 119 Å². The van der Waals surface area contributed by atoms with E-state index in [1.807, 2.05) is 11.8 Å². The Morgan fingerprint density at radius 3 is 2.47 bits per heavy atom. The van der Waals surface area contributed by atoms with Crippen molar-refractivity contribution in [3.05, 3.63) is 0 Å². The Bertz CT molecular complexity index is 278. The first-order valence-electron chi connectivity index (χ1n) is 7.24. The van der Waals surface area contributed by atoms with Crippen LogP contribution < -0.4 is 5.32 Å². The Morgan fingerprint density at radius 1 is 1.11 bits per heavy atom. The van der Waals surface area contributed by atoms with Gasteiger partial charge in [-0.1, -0.05) is 12.8 Å². The number of nitrogens with one attached hydrogen (secondary N) is 1. The molecular weight excluding hydrogens is 262 g/mol. The number of unbranched alkanes of at least 4 members (excludes halogenated alkanes) is 3. The van der Waals surface area contributed by atoms with Crippen LogP contribution in [0.15, 0.2) is 0 Å². The molecule has 1 amide bonds. The van der Waals surface area contributed by atoms with E-state index < -0.39 is 5.97 Å². The van der Waals surface area contributed by atoms with Gasteiger partial charge >= 0.3 is 5.97 Å². The molecule has 1 aliphatic heterocycles. The van der Waals surface area contributed by atoms with Crippen LogP contribution in [0.4, 0.5) is 0 Å². The fraction of sp³-hybridized carbons (Fsp3) is 0.857. The lowest BCUT2D eigenvalue weighted by molar-refractivity contribution is -0.137. The van der Waals surface area contributed by atoms with E-state index in [2.05, 4.69) is 5.32 Å². The van der Waals surface area contributed by atoms with Gasteiger partial charge in [-0.05, 0) is 43.1 Å². The highest BCUT2D eigenvalue weighted by Gasteiger charge is 2.16. The summed E-state index contributed by atoms with van der Waals surface area (Å²) in [6.45, 7) is 0.730. The van der Waals surface area contributed by atoms with Crippen LogP contribution in [0.5, 0.6) is 0 Å². The molecule has 0 aromatic rings. The second kappa shape index (κ2) is 10.1. The fourth-order valence-corrected chi connectivity index (χ4v) is 3.47. The van der Waals surface area contributed by atoms with Gasteiger partial charge < -0.3 is 10.4 Å². The van der Waals surface area contributed by atoms with Crippen molar-refractivity contribution in [3.63, 3.8) is 0 Å². The highest BCUT2D eigenvalue weighted by atomic mass is 32.2. The van der Waals surface area contributed by atoms with Gasteiger partial charge in [-0.2, -0.15) is 11.8 Å². The van der Waals surface area contributed by atoms with Crippen LogP contribution in [0, 0.1) is 5.92 Å². The van der Waals surface area contributed by atoms with Crippen LogP contribution in [0.25, 0.3) is 0 Å². The third-order valence-corrected chi connectivity index (χ3v) is 4.50. The molecule has 0 atom stereocenters. The molecular formula is C14H25NO3S. The van der Waals surface area contributed by atoms with E-state index in [0.717, 1.165) is 32.2 Å². The zero-order chi connectivity index (χ0) is 13.9. The molecule has 110 valence electrons. The van der Waals surface area contributed by atoms with Gasteiger partial charge in [-0.3, -0.25) is 9.59 Å². The van der Waals surface area contributed by atoms with E-state index in [1.54, 1.807) is 0 Å². The van der Waals surface area contributed by atoms with Crippen LogP contribution in [0.1, 0.15) is 51.4 Å². The molecule has 1 fully saturated rings. The molecule has 0 aliphatic carbocycles. The minimum absolute atomic E-state index is 0.183. The topological polar surface area (TPSA) is 66.4 Å². The van der Waals surface area contributed by atoms with Gasteiger partial charge in [0.05, 0.1) is 0 Å². The number of carboxylic acid groups (broad SMARTS) is 1. The molecule has 0 aromatic heterocycles. The Morgan fingerprint density at radius 2 is 1.79 bits per heavy atom. The van der Waals surface area contributed by atoms with E-state index >= 15 is 0 Å². The Kier molecular flexibility index (Phi) is 8.71. The van der Waals surface area contributed by atoms with Crippen LogP contribution in [0.3, 0.4) is 0 Å². The van der Waals surface area contributed by atoms with Crippen LogP contribution in [-0.2, 0) is 9.59 Å². The van der Waals surface area contributed by atoms with Gasteiger partial charge in [0.15, 0.2) is 0 Å². The summed E-state index contributed by atoms with van der Waals surface area (Å²) in [7, 11) is 0. The number of carboxylic acids is 1. The first-order valence-corrected chi connectivity index (χ1v) is 8.40. The zero-order valence-electron chi connectivity index (χ0n) is 11.5. The number of carbonyl (C=O) groups excluding carboxylic acids is 1. The van der Waals surface area contributed by atoms with Crippen molar-refractivity contribution in [2.75, 3.05) is 18.1 Å². The lowest BCUT2D eigenvalue weighted by Crippen LogP contribution is -2.27. The summed E-state index contributed by atoms with van der Waals surface area (Å²) in [5.74, 6) is 2.43. The van der Waals surface area contributed by atoms with Crippen molar-refractivity contribution in [3.8, 4) is 0 Å². The third kappa shape index (κ3) is 8.92. The van der Waals surface area contributed by atoms with Crippen LogP contribution >= 0.6 is 11.8 Å². The number of thioether (sulfide) groups is 1. The maximum Gasteiger partial charge on any atom is 0.303 e. The molecule has 0 bridgehead atoms. The molecule has 1 rings (SSSR count). The normalized spacial score (nSPS) is 16.2. The van der Waals surface area contributed by atoms with Crippen LogP contribution in [-0.4, -0.2) is 35.0 Å². The molecule has 0 saturated carbocycles. The van der Waals surface area contributed by atoms with Crippen molar-refractivity contribution >= 4 is 23.6 Å². The minimum atomic E-state index is -0.723. The smallest absolute Gasteiger partial charge is 0.303 e. The fourth-order valence-electron chi connectivity index (χ4n) is 2.27. The van der Waals surface area contributed by atoms with Crippen molar-refractivity contribution in [2.24, 2.45) is 5.92 Å². The van der Waals surface area contributed by atoms with Crippen molar-refractivity contribution in [1.82, 2.24) is 5.32 Å². The highest BCUT2D eigenvalue weighted by molar-refractivity contribution is 7.99. The minimum Gasteiger partial charge on any atom is -0.481 e. The van der Waals surface area contributed by atoms with Crippen molar-refractivity contribution in [2.45, 2.75) is 51.4 Å². The van der Waals surface area contributed by atoms with Gasteiger partial charge in [0.1, 0.15) is 0 Å². The summed E-state index contributed by atoms with van der Waals surface area (Å²) in [4.78, 5) is 22.0. The first kappa shape index (κ1) is 16.3. The van der Waals surface area contributed by atoms with E-state index in [-0.39, 0.29) is 12.3 Å². The summed E-state index contributed by atoms with van der Waals surface area (Å²) < 4.78 is 0. The molecule has 4 nitrogen and oxygen atoms in total. The molecule has 2 N–H and O–H groups in total. The molecule has 1 saturated heterocycles. The van der Waals surface area contributed by atoms with Gasteiger partial charge in [0.2, 0.25) is 5.91 Å². The lowest BCUT2D eigenvalue weighted by atomic mass is 9.98. The average Bonchev–Trinajstić information content (AvgIpc) is 2.38. The Balaban J connectivity index is 1.90. The summed E-state index contributed by atoms with van der Waals surface area (Å²) in [6.07, 6.45) is 6.90. The number of amides is 1. The predicted octanol–water partition coefficient (Wildman–Crippen LogP) is 2.67. The lowest BCUT2D eigenvalue weighted by Gasteiger charge is -2.20. The van der Waals surface area contributed by atoms with Gasteiger partial charge in [0, 0.05) is 19.4 Å². The van der Waals surface area contributed by atoms with E-state index in [0.29, 0.717) is 12.3 Å². The molecule has 1 aliphatic rings. The quantitative estimate of drug-likeness (QED) is 0.640. The molecule has 0 radical (unpaired) electrons. The van der Waals surface area contributed by atoms with Crippen LogP contribution in [0.2, 0.25) is 0 Å². The highest BCUT2D eigenvalue weighted by Crippen LogP contribution is 2.24. The second-order valence-electron chi connectivity index (χ2n) is 5.17. The Hall–Kier alpha value is -0.710. The number of carbonyl (C=O) groups is 2. The molecule has 0 spiro atoms. The maximum absolute atomic E-state index is 11.7. The number of hydrogen-bond acceptors (Lipinski definition) is 3. The molecule has 0 aromatic carbocycles. The summed E-state index contributed by atoms with van der Waals surface area (Å²) in [5.41, 5.74) is 0. The average molecular weight is 287 g/mol. The second-order valence-corrected chi connectivity index (χ2v) is 6.39. The maximum atomic E-state index is 11.7. The number of rotatable bonds is 9. The van der Waals surface area contributed by atoms with Gasteiger partial charge in [-0.25, -0.2) is 0 Å². The molecule has 19 heavy (non-hydrogen) atoms. The summed E-state index contributed by atoms with van der Waals surface area (Å²) in [5, 5.41) is 11.5. The predicted molar refractivity (Wildman–Crippen MR) is 78.4 cm³/mol. The number of aliphatic carboxylic acids is 1. The standard InChI is InChI=1S/C14H25NO3S/c16-13(11-12-6-9-19-10-7-12)15-8-4-2-1-3-5-14(17)18/h12H,1-11H2,(H,15,16)(H,17,18). The van der Waals surface area contributed by atoms with Gasteiger partial charge in [-0.15, -0.1) is 0 Å². The molecule has 5 heteroatoms. The zero-order valence-corrected chi connectivity index (χ0v) is 12.3. The van der Waals surface area contributed by atoms with Gasteiger partial charge in [0.25, 0.3) is 0 Å². The summed E-state index contributed by atoms with van der Waals surface area (Å²) in [6, 6.07) is 0. The molecule has 1 heterocycles. The third-order valence-electron chi connectivity index (χ3n) is 3.45. The number of hydrogen-bond donors (Lipinski definition) is 2. The van der Waals surface area contributed by atoms with Crippen molar-refractivity contribution < 1.29 is 14.7 Å². The van der Waals surface area contributed by atoms with E-state index in [9.17, 15) is 9.59 Å². The monoisotopic (exact) mass is 287 g/mol. The largest absolute Gasteiger partial charge is 0.481 e. The van der Waals surface area contributed by atoms with E-state index in [4.69, 9.17) is 5.11 Å². The van der Waals surface area contributed by atoms with E-state index in [1.165, 1.54) is 24.3 Å². The summed E-state index contributed by atoms with van der Waals surface area (Å²) >= 11 is 1.98. The SMILES string of the molecule is O=C(O)CCCCCCNC(=O)CC1CCSCC1. The first-order chi connectivity index (χ1) is 9.18. The van der Waals surface area contributed by atoms with Crippen molar-refractivity contribution in [1.29, 1.82) is 0 Å². The molecule has 0 unspecified atom stereocenters.